The highest BCUT2D eigenvalue weighted by Gasteiger charge is 2.28. The molecule has 1 fully saturated rings. The van der Waals surface area contributed by atoms with Crippen LogP contribution in [0.1, 0.15) is 29.8 Å². The molecule has 2 aromatic rings. The number of aromatic nitrogens is 2. The van der Waals surface area contributed by atoms with Gasteiger partial charge < -0.3 is 15.2 Å². The van der Waals surface area contributed by atoms with E-state index in [4.69, 9.17) is 10.3 Å². The van der Waals surface area contributed by atoms with E-state index in [0.29, 0.717) is 18.0 Å². The Morgan fingerprint density at radius 1 is 1.30 bits per heavy atom. The summed E-state index contributed by atoms with van der Waals surface area (Å²) in [5.74, 6) is 0.469. The average Bonchev–Trinajstić information content (AvgIpc) is 3.05. The lowest BCUT2D eigenvalue weighted by Crippen LogP contribution is -2.47. The maximum Gasteiger partial charge on any atom is 0.276 e. The molecule has 0 saturated carbocycles. The van der Waals surface area contributed by atoms with Crippen LogP contribution in [0, 0.1) is 0 Å². The first kappa shape index (κ1) is 19.4. The van der Waals surface area contributed by atoms with E-state index >= 15 is 0 Å². The van der Waals surface area contributed by atoms with Crippen LogP contribution in [0.25, 0.3) is 11.3 Å². The van der Waals surface area contributed by atoms with E-state index in [-0.39, 0.29) is 36.8 Å². The molecule has 0 bridgehead atoms. The molecular formula is C15H20Cl2N4O2. The first-order valence-corrected chi connectivity index (χ1v) is 7.17. The molecule has 3 heterocycles. The molecule has 0 aromatic carbocycles. The van der Waals surface area contributed by atoms with E-state index in [2.05, 4.69) is 10.1 Å². The zero-order chi connectivity index (χ0) is 14.7. The Bertz CT molecular complexity index is 621. The van der Waals surface area contributed by atoms with Crippen molar-refractivity contribution in [1.82, 2.24) is 15.0 Å². The Balaban J connectivity index is 0.00000132. The van der Waals surface area contributed by atoms with Crippen LogP contribution >= 0.6 is 24.8 Å². The van der Waals surface area contributed by atoms with Crippen molar-refractivity contribution in [1.29, 1.82) is 0 Å². The normalized spacial score (nSPS) is 17.1. The molecule has 2 aromatic heterocycles. The monoisotopic (exact) mass is 358 g/mol. The van der Waals surface area contributed by atoms with E-state index in [0.717, 1.165) is 31.4 Å². The molecule has 1 aliphatic heterocycles. The predicted octanol–water partition coefficient (Wildman–Crippen LogP) is 2.53. The number of hydrogen-bond donors (Lipinski definition) is 1. The van der Waals surface area contributed by atoms with Gasteiger partial charge in [-0.25, -0.2) is 0 Å². The van der Waals surface area contributed by atoms with Crippen LogP contribution in [0.15, 0.2) is 35.1 Å². The van der Waals surface area contributed by atoms with Crippen molar-refractivity contribution in [2.24, 2.45) is 5.73 Å². The van der Waals surface area contributed by atoms with Gasteiger partial charge in [-0.2, -0.15) is 0 Å². The molecule has 0 spiro atoms. The van der Waals surface area contributed by atoms with Gasteiger partial charge in [0.1, 0.15) is 0 Å². The highest BCUT2D eigenvalue weighted by Crippen LogP contribution is 2.22. The third kappa shape index (κ3) is 4.22. The number of nitrogens with zero attached hydrogens (tertiary/aromatic N) is 3. The van der Waals surface area contributed by atoms with E-state index < -0.39 is 0 Å². The van der Waals surface area contributed by atoms with Gasteiger partial charge in [-0.1, -0.05) is 5.16 Å². The SMILES string of the molecule is Cl.Cl.NCC1CCCCN1C(=O)c1cc(-c2ccncc2)on1. The smallest absolute Gasteiger partial charge is 0.276 e. The second-order valence-electron chi connectivity index (χ2n) is 5.20. The van der Waals surface area contributed by atoms with Crippen LogP contribution in [0.5, 0.6) is 0 Å². The van der Waals surface area contributed by atoms with Gasteiger partial charge in [0.05, 0.1) is 0 Å². The second kappa shape index (κ2) is 8.86. The summed E-state index contributed by atoms with van der Waals surface area (Å²) in [4.78, 5) is 18.3. The third-order valence-electron chi connectivity index (χ3n) is 3.85. The van der Waals surface area contributed by atoms with E-state index in [1.54, 1.807) is 18.5 Å². The molecule has 0 radical (unpaired) electrons. The fourth-order valence-electron chi connectivity index (χ4n) is 2.69. The quantitative estimate of drug-likeness (QED) is 0.910. The van der Waals surface area contributed by atoms with Crippen molar-refractivity contribution >= 4 is 30.7 Å². The van der Waals surface area contributed by atoms with Crippen LogP contribution in [-0.2, 0) is 0 Å². The number of hydrogen-bond acceptors (Lipinski definition) is 5. The summed E-state index contributed by atoms with van der Waals surface area (Å²) in [5.41, 5.74) is 6.95. The van der Waals surface area contributed by atoms with Gasteiger partial charge in [-0.15, -0.1) is 24.8 Å². The molecule has 1 unspecified atom stereocenters. The lowest BCUT2D eigenvalue weighted by atomic mass is 10.0. The highest BCUT2D eigenvalue weighted by molar-refractivity contribution is 5.93. The highest BCUT2D eigenvalue weighted by atomic mass is 35.5. The van der Waals surface area contributed by atoms with Crippen LogP contribution in [0.3, 0.4) is 0 Å². The number of amides is 1. The molecule has 2 N–H and O–H groups in total. The minimum absolute atomic E-state index is 0. The number of rotatable bonds is 3. The second-order valence-corrected chi connectivity index (χ2v) is 5.20. The van der Waals surface area contributed by atoms with Crippen LogP contribution in [0.4, 0.5) is 0 Å². The summed E-state index contributed by atoms with van der Waals surface area (Å²) >= 11 is 0. The Hall–Kier alpha value is -1.63. The molecule has 3 rings (SSSR count). The molecule has 126 valence electrons. The lowest BCUT2D eigenvalue weighted by molar-refractivity contribution is 0.0613. The zero-order valence-corrected chi connectivity index (χ0v) is 14.2. The Kier molecular flexibility index (Phi) is 7.48. The molecule has 1 atom stereocenters. The minimum atomic E-state index is -0.103. The molecule has 1 saturated heterocycles. The summed E-state index contributed by atoms with van der Waals surface area (Å²) in [6.07, 6.45) is 6.43. The summed E-state index contributed by atoms with van der Waals surface area (Å²) < 4.78 is 5.28. The topological polar surface area (TPSA) is 85.2 Å². The number of likely N-dealkylation sites (tertiary alicyclic amines) is 1. The van der Waals surface area contributed by atoms with Crippen molar-refractivity contribution in [2.45, 2.75) is 25.3 Å². The standard InChI is InChI=1S/C15H18N4O2.2ClH/c16-10-12-3-1-2-8-19(12)15(20)13-9-14(21-18-13)11-4-6-17-7-5-11;;/h4-7,9,12H,1-3,8,10,16H2;2*1H. The summed E-state index contributed by atoms with van der Waals surface area (Å²) in [6.45, 7) is 1.22. The summed E-state index contributed by atoms with van der Waals surface area (Å²) in [6, 6.07) is 5.42. The van der Waals surface area contributed by atoms with Gasteiger partial charge in [-0.3, -0.25) is 9.78 Å². The van der Waals surface area contributed by atoms with Crippen molar-refractivity contribution in [3.8, 4) is 11.3 Å². The van der Waals surface area contributed by atoms with Crippen molar-refractivity contribution in [3.63, 3.8) is 0 Å². The number of piperidine rings is 1. The maximum absolute atomic E-state index is 12.5. The lowest BCUT2D eigenvalue weighted by Gasteiger charge is -2.34. The van der Waals surface area contributed by atoms with Crippen LogP contribution < -0.4 is 5.73 Å². The van der Waals surface area contributed by atoms with Gasteiger partial charge in [0, 0.05) is 43.2 Å². The van der Waals surface area contributed by atoms with Gasteiger partial charge in [0.2, 0.25) is 0 Å². The van der Waals surface area contributed by atoms with Crippen LogP contribution in [-0.4, -0.2) is 40.1 Å². The largest absolute Gasteiger partial charge is 0.355 e. The van der Waals surface area contributed by atoms with Gasteiger partial charge >= 0.3 is 0 Å². The molecule has 23 heavy (non-hydrogen) atoms. The van der Waals surface area contributed by atoms with E-state index in [1.807, 2.05) is 17.0 Å². The third-order valence-corrected chi connectivity index (χ3v) is 3.85. The molecule has 6 nitrogen and oxygen atoms in total. The fourth-order valence-corrected chi connectivity index (χ4v) is 2.69. The number of carbonyl (C=O) groups is 1. The minimum Gasteiger partial charge on any atom is -0.355 e. The Labute approximate surface area is 147 Å². The van der Waals surface area contributed by atoms with Gasteiger partial charge in [0.25, 0.3) is 5.91 Å². The van der Waals surface area contributed by atoms with Crippen molar-refractivity contribution in [3.05, 3.63) is 36.3 Å². The van der Waals surface area contributed by atoms with Crippen LogP contribution in [0.2, 0.25) is 0 Å². The van der Waals surface area contributed by atoms with Crippen molar-refractivity contribution in [2.75, 3.05) is 13.1 Å². The average molecular weight is 359 g/mol. The molecule has 0 aliphatic carbocycles. The van der Waals surface area contributed by atoms with Crippen molar-refractivity contribution < 1.29 is 9.32 Å². The summed E-state index contributed by atoms with van der Waals surface area (Å²) in [7, 11) is 0. The Morgan fingerprint density at radius 2 is 2.04 bits per heavy atom. The number of pyridine rings is 1. The fraction of sp³-hybridized carbons (Fsp3) is 0.400. The van der Waals surface area contributed by atoms with Gasteiger partial charge in [-0.05, 0) is 31.4 Å². The van der Waals surface area contributed by atoms with E-state index in [9.17, 15) is 4.79 Å². The van der Waals surface area contributed by atoms with Gasteiger partial charge in [0.15, 0.2) is 11.5 Å². The first-order chi connectivity index (χ1) is 10.3. The molecule has 1 amide bonds. The predicted molar refractivity (Wildman–Crippen MR) is 92.0 cm³/mol. The Morgan fingerprint density at radius 3 is 2.74 bits per heavy atom. The zero-order valence-electron chi connectivity index (χ0n) is 12.6. The number of halogens is 2. The van der Waals surface area contributed by atoms with E-state index in [1.165, 1.54) is 0 Å². The number of carbonyl (C=O) groups excluding carboxylic acids is 1. The molecule has 1 aliphatic rings. The maximum atomic E-state index is 12.5. The molecular weight excluding hydrogens is 339 g/mol. The molecule has 8 heteroatoms. The number of nitrogens with two attached hydrogens (primary N) is 1. The first-order valence-electron chi connectivity index (χ1n) is 7.17. The summed E-state index contributed by atoms with van der Waals surface area (Å²) in [5, 5.41) is 3.91.